The van der Waals surface area contributed by atoms with Crippen LogP contribution in [0.25, 0.3) is 49.2 Å². The topological polar surface area (TPSA) is 17.8 Å². The summed E-state index contributed by atoms with van der Waals surface area (Å²) in [7, 11) is 0. The summed E-state index contributed by atoms with van der Waals surface area (Å²) < 4.78 is 2.37. The summed E-state index contributed by atoms with van der Waals surface area (Å²) in [4.78, 5) is 4.90. The van der Waals surface area contributed by atoms with Crippen LogP contribution in [-0.2, 0) is 0 Å². The molecule has 6 rings (SSSR count). The first kappa shape index (κ1) is 13.9. The number of nitrogens with zero attached hydrogens (tertiary/aromatic N) is 2. The molecule has 0 amide bonds. The molecule has 2 aromatic heterocycles. The number of benzene rings is 4. The smallest absolute Gasteiger partial charge is 0.0790 e. The molecule has 0 atom stereocenters. The van der Waals surface area contributed by atoms with Crippen molar-refractivity contribution in [2.45, 2.75) is 6.92 Å². The molecule has 2 heterocycles. The highest BCUT2D eigenvalue weighted by Crippen LogP contribution is 2.42. The monoisotopic (exact) mass is 332 g/mol. The van der Waals surface area contributed by atoms with Gasteiger partial charge in [-0.3, -0.25) is 4.98 Å². The predicted octanol–water partition coefficient (Wildman–Crippen LogP) is 6.23. The largest absolute Gasteiger partial charge is 0.309 e. The second-order valence-electron chi connectivity index (χ2n) is 6.92. The van der Waals surface area contributed by atoms with E-state index in [4.69, 9.17) is 4.98 Å². The van der Waals surface area contributed by atoms with Gasteiger partial charge in [-0.2, -0.15) is 0 Å². The average molecular weight is 332 g/mol. The molecule has 0 saturated heterocycles. The molecule has 0 unspecified atom stereocenters. The minimum Gasteiger partial charge on any atom is -0.309 e. The molecule has 2 heteroatoms. The van der Waals surface area contributed by atoms with E-state index in [0.717, 1.165) is 11.2 Å². The molecular formula is C24H16N2. The molecule has 26 heavy (non-hydrogen) atoms. The van der Waals surface area contributed by atoms with Gasteiger partial charge in [0.15, 0.2) is 0 Å². The minimum atomic E-state index is 1.05. The van der Waals surface area contributed by atoms with Gasteiger partial charge in [-0.05, 0) is 42.6 Å². The highest BCUT2D eigenvalue weighted by atomic mass is 15.0. The SMILES string of the molecule is Cc1ccc2c3cccc4c3c3c(cccc3n4-c3ccccc3)c2n1. The molecule has 0 fully saturated rings. The van der Waals surface area contributed by atoms with E-state index in [1.807, 2.05) is 0 Å². The number of rotatable bonds is 1. The number of hydrogen-bond donors (Lipinski definition) is 0. The van der Waals surface area contributed by atoms with Crippen molar-refractivity contribution in [2.75, 3.05) is 0 Å². The van der Waals surface area contributed by atoms with Crippen molar-refractivity contribution < 1.29 is 0 Å². The van der Waals surface area contributed by atoms with Crippen molar-refractivity contribution in [2.24, 2.45) is 0 Å². The Labute approximate surface area is 150 Å². The van der Waals surface area contributed by atoms with Crippen LogP contribution in [-0.4, -0.2) is 9.55 Å². The van der Waals surface area contributed by atoms with Crippen molar-refractivity contribution in [1.82, 2.24) is 9.55 Å². The van der Waals surface area contributed by atoms with Gasteiger partial charge in [0.25, 0.3) is 0 Å². The Bertz CT molecular complexity index is 1430. The molecule has 122 valence electrons. The molecule has 2 nitrogen and oxygen atoms in total. The summed E-state index contributed by atoms with van der Waals surface area (Å²) >= 11 is 0. The van der Waals surface area contributed by atoms with Crippen LogP contribution >= 0.6 is 0 Å². The van der Waals surface area contributed by atoms with Crippen LogP contribution in [0.5, 0.6) is 0 Å². The lowest BCUT2D eigenvalue weighted by molar-refractivity contribution is 1.18. The van der Waals surface area contributed by atoms with Crippen molar-refractivity contribution in [3.8, 4) is 5.69 Å². The fourth-order valence-corrected chi connectivity index (χ4v) is 4.36. The third-order valence-corrected chi connectivity index (χ3v) is 5.41. The Kier molecular flexibility index (Phi) is 2.57. The Morgan fingerprint density at radius 3 is 2.08 bits per heavy atom. The summed E-state index contributed by atoms with van der Waals surface area (Å²) in [6, 6.07) is 28.1. The number of hydrogen-bond acceptors (Lipinski definition) is 1. The first-order chi connectivity index (χ1) is 12.8. The maximum Gasteiger partial charge on any atom is 0.0790 e. The van der Waals surface area contributed by atoms with E-state index in [-0.39, 0.29) is 0 Å². The van der Waals surface area contributed by atoms with E-state index >= 15 is 0 Å². The van der Waals surface area contributed by atoms with E-state index in [2.05, 4.69) is 90.4 Å². The van der Waals surface area contributed by atoms with Crippen LogP contribution in [0.3, 0.4) is 0 Å². The molecule has 0 saturated carbocycles. The molecular weight excluding hydrogens is 316 g/mol. The van der Waals surface area contributed by atoms with Crippen molar-refractivity contribution in [3.05, 3.63) is 84.6 Å². The maximum atomic E-state index is 4.90. The van der Waals surface area contributed by atoms with Gasteiger partial charge in [-0.25, -0.2) is 0 Å². The Balaban J connectivity index is 1.98. The van der Waals surface area contributed by atoms with Crippen molar-refractivity contribution in [3.63, 3.8) is 0 Å². The molecule has 0 aliphatic rings. The number of aryl methyl sites for hydroxylation is 1. The van der Waals surface area contributed by atoms with Gasteiger partial charge in [0, 0.05) is 32.9 Å². The summed E-state index contributed by atoms with van der Waals surface area (Å²) in [6.07, 6.45) is 0. The second-order valence-corrected chi connectivity index (χ2v) is 6.92. The van der Waals surface area contributed by atoms with Gasteiger partial charge in [0.1, 0.15) is 0 Å². The molecule has 0 radical (unpaired) electrons. The average Bonchev–Trinajstić information content (AvgIpc) is 3.03. The first-order valence-electron chi connectivity index (χ1n) is 8.93. The molecule has 0 aliphatic heterocycles. The van der Waals surface area contributed by atoms with E-state index in [1.54, 1.807) is 0 Å². The molecule has 6 aromatic rings. The van der Waals surface area contributed by atoms with Crippen LogP contribution in [0.2, 0.25) is 0 Å². The van der Waals surface area contributed by atoms with Gasteiger partial charge in [0.05, 0.1) is 16.6 Å². The highest BCUT2D eigenvalue weighted by Gasteiger charge is 2.19. The van der Waals surface area contributed by atoms with Gasteiger partial charge >= 0.3 is 0 Å². The normalized spacial score (nSPS) is 12.0. The molecule has 0 spiro atoms. The zero-order valence-corrected chi connectivity index (χ0v) is 14.4. The molecule has 0 aliphatic carbocycles. The van der Waals surface area contributed by atoms with Crippen LogP contribution in [0, 0.1) is 6.92 Å². The molecule has 4 aromatic carbocycles. The first-order valence-corrected chi connectivity index (χ1v) is 8.93. The number of para-hydroxylation sites is 1. The zero-order chi connectivity index (χ0) is 17.3. The lowest BCUT2D eigenvalue weighted by atomic mass is 9.97. The minimum absolute atomic E-state index is 1.05. The Morgan fingerprint density at radius 1 is 0.615 bits per heavy atom. The molecule has 0 N–H and O–H groups in total. The van der Waals surface area contributed by atoms with E-state index in [9.17, 15) is 0 Å². The van der Waals surface area contributed by atoms with Gasteiger partial charge in [-0.15, -0.1) is 0 Å². The lowest BCUT2D eigenvalue weighted by Crippen LogP contribution is -1.92. The third kappa shape index (κ3) is 1.64. The number of aromatic nitrogens is 2. The standard InChI is InChI=1S/C24H16N2/c1-15-13-14-18-17-9-5-11-20-22(17)23-19(24(18)25-15)10-6-12-21(23)26(20)16-7-3-2-4-8-16/h2-14H,1H3. The van der Waals surface area contributed by atoms with E-state index < -0.39 is 0 Å². The summed E-state index contributed by atoms with van der Waals surface area (Å²) in [5.74, 6) is 0. The lowest BCUT2D eigenvalue weighted by Gasteiger charge is -2.08. The van der Waals surface area contributed by atoms with Gasteiger partial charge < -0.3 is 4.57 Å². The van der Waals surface area contributed by atoms with Crippen LogP contribution < -0.4 is 0 Å². The quantitative estimate of drug-likeness (QED) is 0.326. The summed E-state index contributed by atoms with van der Waals surface area (Å²) in [6.45, 7) is 2.06. The maximum absolute atomic E-state index is 4.90. The zero-order valence-electron chi connectivity index (χ0n) is 14.4. The van der Waals surface area contributed by atoms with Crippen LogP contribution in [0.15, 0.2) is 78.9 Å². The summed E-state index contributed by atoms with van der Waals surface area (Å²) in [5, 5.41) is 6.39. The molecule has 0 bridgehead atoms. The van der Waals surface area contributed by atoms with E-state index in [1.165, 1.54) is 43.7 Å². The Morgan fingerprint density at radius 2 is 1.31 bits per heavy atom. The van der Waals surface area contributed by atoms with Crippen molar-refractivity contribution in [1.29, 1.82) is 0 Å². The third-order valence-electron chi connectivity index (χ3n) is 5.41. The number of pyridine rings is 1. The fourth-order valence-electron chi connectivity index (χ4n) is 4.36. The van der Waals surface area contributed by atoms with Crippen molar-refractivity contribution >= 4 is 43.5 Å². The Hall–Kier alpha value is -3.39. The fraction of sp³-hybridized carbons (Fsp3) is 0.0417. The highest BCUT2D eigenvalue weighted by molar-refractivity contribution is 6.33. The second kappa shape index (κ2) is 4.83. The number of fused-ring (bicyclic) bond motifs is 3. The van der Waals surface area contributed by atoms with Crippen LogP contribution in [0.4, 0.5) is 0 Å². The van der Waals surface area contributed by atoms with Gasteiger partial charge in [-0.1, -0.05) is 48.5 Å². The summed E-state index contributed by atoms with van der Waals surface area (Å²) in [5.41, 5.74) is 5.84. The van der Waals surface area contributed by atoms with Crippen LogP contribution in [0.1, 0.15) is 5.69 Å². The van der Waals surface area contributed by atoms with Gasteiger partial charge in [0.2, 0.25) is 0 Å². The predicted molar refractivity (Wildman–Crippen MR) is 110 cm³/mol. The van der Waals surface area contributed by atoms with E-state index in [0.29, 0.717) is 0 Å².